The third kappa shape index (κ3) is 3.83. The summed E-state index contributed by atoms with van der Waals surface area (Å²) < 4.78 is 0. The molecule has 2 aromatic rings. The van der Waals surface area contributed by atoms with Gasteiger partial charge in [-0.25, -0.2) is 0 Å². The van der Waals surface area contributed by atoms with Crippen LogP contribution in [0.1, 0.15) is 18.1 Å². The van der Waals surface area contributed by atoms with Gasteiger partial charge >= 0.3 is 0 Å². The molecule has 0 bridgehead atoms. The van der Waals surface area contributed by atoms with Gasteiger partial charge in [0, 0.05) is 12.5 Å². The Balaban J connectivity index is 0.00000208. The van der Waals surface area contributed by atoms with E-state index < -0.39 is 0 Å². The Hall–Kier alpha value is -2.17. The van der Waals surface area contributed by atoms with Crippen molar-refractivity contribution in [1.82, 2.24) is 5.32 Å². The van der Waals surface area contributed by atoms with E-state index in [0.29, 0.717) is 13.1 Å². The molecule has 0 saturated carbocycles. The highest BCUT2D eigenvalue weighted by molar-refractivity contribution is 6.15. The second-order valence-corrected chi connectivity index (χ2v) is 5.92. The Morgan fingerprint density at radius 3 is 2.54 bits per heavy atom. The Morgan fingerprint density at radius 2 is 1.83 bits per heavy atom. The maximum atomic E-state index is 11.3. The third-order valence-corrected chi connectivity index (χ3v) is 4.33. The molecule has 2 aromatic carbocycles. The van der Waals surface area contributed by atoms with E-state index in [0.717, 1.165) is 11.3 Å². The van der Waals surface area contributed by atoms with Crippen LogP contribution >= 0.6 is 0 Å². The van der Waals surface area contributed by atoms with E-state index in [4.69, 9.17) is 4.99 Å². The Kier molecular flexibility index (Phi) is 6.12. The number of para-hydroxylation sites is 1. The van der Waals surface area contributed by atoms with E-state index in [1.54, 1.807) is 6.92 Å². The summed E-state index contributed by atoms with van der Waals surface area (Å²) in [6.07, 6.45) is 0. The standard InChI is InChI=1S/C19H21N3O.ClH/c1-14(23)20-12-16-13-21-19(15-8-4-3-5-9-15)17-10-6-7-11-18(17)22(16)2;/h3-11,16H,12-13H2,1-2H3,(H,20,23);1H. The van der Waals surface area contributed by atoms with Gasteiger partial charge in [-0.05, 0) is 12.1 Å². The molecule has 2 N–H and O–H groups in total. The summed E-state index contributed by atoms with van der Waals surface area (Å²) >= 11 is 0. The number of rotatable bonds is 3. The number of carbonyl (C=O) groups is 1. The zero-order valence-corrected chi connectivity index (χ0v) is 14.7. The van der Waals surface area contributed by atoms with Crippen LogP contribution in [0.25, 0.3) is 0 Å². The van der Waals surface area contributed by atoms with Crippen molar-refractivity contribution < 1.29 is 22.1 Å². The van der Waals surface area contributed by atoms with Gasteiger partial charge in [0.25, 0.3) is 0 Å². The number of amides is 1. The molecular weight excluding hydrogens is 322 g/mol. The first-order chi connectivity index (χ1) is 11.2. The smallest absolute Gasteiger partial charge is 0.217 e. The van der Waals surface area contributed by atoms with Crippen molar-refractivity contribution in [3.8, 4) is 0 Å². The topological polar surface area (TPSA) is 45.9 Å². The van der Waals surface area contributed by atoms with Gasteiger partial charge in [-0.3, -0.25) is 14.7 Å². The fraction of sp³-hybridized carbons (Fsp3) is 0.263. The maximum Gasteiger partial charge on any atom is 0.217 e. The minimum Gasteiger partial charge on any atom is -1.00 e. The summed E-state index contributed by atoms with van der Waals surface area (Å²) in [4.78, 5) is 17.4. The number of aliphatic imine (C=N–C) groups is 1. The number of carbonyl (C=O) groups excluding carboxylic acids is 1. The molecule has 126 valence electrons. The summed E-state index contributed by atoms with van der Waals surface area (Å²) in [5, 5.41) is 2.93. The SMILES string of the molecule is CC(=O)NCC1CN=C(c2ccccc2)c2ccccc2[NH+]1C.[Cl-]. The molecule has 2 atom stereocenters. The van der Waals surface area contributed by atoms with Gasteiger partial charge in [-0.15, -0.1) is 0 Å². The minimum atomic E-state index is 0. The number of benzodiazepines with no additional fused rings is 1. The second kappa shape index (κ2) is 8.08. The van der Waals surface area contributed by atoms with Crippen LogP contribution in [0.15, 0.2) is 59.6 Å². The summed E-state index contributed by atoms with van der Waals surface area (Å²) in [6, 6.07) is 18.9. The van der Waals surface area contributed by atoms with Crippen LogP contribution in [0.4, 0.5) is 5.69 Å². The van der Waals surface area contributed by atoms with Crippen molar-refractivity contribution in [3.63, 3.8) is 0 Å². The molecule has 5 heteroatoms. The van der Waals surface area contributed by atoms with Gasteiger partial charge in [0.2, 0.25) is 5.91 Å². The molecule has 2 unspecified atom stereocenters. The van der Waals surface area contributed by atoms with Gasteiger partial charge in [-0.2, -0.15) is 0 Å². The lowest BCUT2D eigenvalue weighted by Gasteiger charge is -2.23. The Morgan fingerprint density at radius 1 is 1.17 bits per heavy atom. The quantitative estimate of drug-likeness (QED) is 0.678. The van der Waals surface area contributed by atoms with Crippen LogP contribution in [-0.2, 0) is 4.79 Å². The average molecular weight is 344 g/mol. The molecule has 0 aromatic heterocycles. The van der Waals surface area contributed by atoms with E-state index >= 15 is 0 Å². The van der Waals surface area contributed by atoms with Gasteiger partial charge in [0.1, 0.15) is 11.7 Å². The predicted octanol–water partition coefficient (Wildman–Crippen LogP) is -1.81. The van der Waals surface area contributed by atoms with Gasteiger partial charge in [0.15, 0.2) is 0 Å². The fourth-order valence-corrected chi connectivity index (χ4v) is 3.00. The molecule has 0 aliphatic carbocycles. The van der Waals surface area contributed by atoms with Crippen molar-refractivity contribution in [1.29, 1.82) is 0 Å². The lowest BCUT2D eigenvalue weighted by molar-refractivity contribution is -0.835. The van der Waals surface area contributed by atoms with Crippen molar-refractivity contribution in [3.05, 3.63) is 65.7 Å². The number of benzene rings is 2. The van der Waals surface area contributed by atoms with Crippen molar-refractivity contribution in [2.75, 3.05) is 20.1 Å². The summed E-state index contributed by atoms with van der Waals surface area (Å²) in [7, 11) is 2.15. The van der Waals surface area contributed by atoms with Crippen LogP contribution in [0.5, 0.6) is 0 Å². The molecule has 1 amide bonds. The number of nitrogens with one attached hydrogen (secondary N) is 2. The second-order valence-electron chi connectivity index (χ2n) is 5.92. The summed E-state index contributed by atoms with van der Waals surface area (Å²) in [5.41, 5.74) is 4.56. The molecule has 1 aliphatic rings. The number of halogens is 1. The Bertz CT molecular complexity index is 730. The summed E-state index contributed by atoms with van der Waals surface area (Å²) in [5.74, 6) is 0.00240. The van der Waals surface area contributed by atoms with Crippen LogP contribution < -0.4 is 22.6 Å². The van der Waals surface area contributed by atoms with E-state index in [1.807, 2.05) is 18.2 Å². The number of fused-ring (bicyclic) bond motifs is 1. The van der Waals surface area contributed by atoms with Crippen LogP contribution in [-0.4, -0.2) is 37.8 Å². The first-order valence-corrected chi connectivity index (χ1v) is 7.94. The highest BCUT2D eigenvalue weighted by atomic mass is 35.5. The molecule has 1 heterocycles. The lowest BCUT2D eigenvalue weighted by Crippen LogP contribution is -3.10. The normalized spacial score (nSPS) is 19.3. The monoisotopic (exact) mass is 343 g/mol. The number of hydrogen-bond donors (Lipinski definition) is 2. The predicted molar refractivity (Wildman–Crippen MR) is 92.4 cm³/mol. The number of nitrogens with zero attached hydrogens (tertiary/aromatic N) is 1. The molecule has 0 spiro atoms. The first-order valence-electron chi connectivity index (χ1n) is 7.94. The van der Waals surface area contributed by atoms with Crippen molar-refractivity contribution >= 4 is 17.3 Å². The van der Waals surface area contributed by atoms with Crippen LogP contribution in [0.2, 0.25) is 0 Å². The molecule has 24 heavy (non-hydrogen) atoms. The van der Waals surface area contributed by atoms with E-state index in [1.165, 1.54) is 16.2 Å². The van der Waals surface area contributed by atoms with Gasteiger partial charge < -0.3 is 17.7 Å². The molecule has 0 radical (unpaired) electrons. The third-order valence-electron chi connectivity index (χ3n) is 4.33. The number of likely N-dealkylation sites (N-methyl/N-ethyl adjacent to an activating group) is 1. The molecule has 4 nitrogen and oxygen atoms in total. The van der Waals surface area contributed by atoms with Gasteiger partial charge in [-0.1, -0.05) is 42.5 Å². The minimum absolute atomic E-state index is 0. The van der Waals surface area contributed by atoms with Crippen molar-refractivity contribution in [2.45, 2.75) is 13.0 Å². The zero-order valence-electron chi connectivity index (χ0n) is 13.9. The lowest BCUT2D eigenvalue weighted by atomic mass is 10.0. The largest absolute Gasteiger partial charge is 1.00 e. The number of hydrogen-bond acceptors (Lipinski definition) is 2. The van der Waals surface area contributed by atoms with Crippen LogP contribution in [0, 0.1) is 0 Å². The van der Waals surface area contributed by atoms with E-state index in [2.05, 4.69) is 48.8 Å². The van der Waals surface area contributed by atoms with E-state index in [9.17, 15) is 4.79 Å². The number of quaternary nitrogens is 1. The zero-order chi connectivity index (χ0) is 16.2. The highest BCUT2D eigenvalue weighted by Gasteiger charge is 2.28. The fourth-order valence-electron chi connectivity index (χ4n) is 3.00. The Labute approximate surface area is 149 Å². The van der Waals surface area contributed by atoms with E-state index in [-0.39, 0.29) is 24.4 Å². The average Bonchev–Trinajstić information content (AvgIpc) is 2.71. The molecule has 0 saturated heterocycles. The summed E-state index contributed by atoms with van der Waals surface area (Å²) in [6.45, 7) is 2.87. The van der Waals surface area contributed by atoms with Gasteiger partial charge in [0.05, 0.1) is 31.4 Å². The molecule has 3 rings (SSSR count). The van der Waals surface area contributed by atoms with Crippen molar-refractivity contribution in [2.24, 2.45) is 4.99 Å². The molecule has 0 fully saturated rings. The highest BCUT2D eigenvalue weighted by Crippen LogP contribution is 2.19. The first kappa shape index (κ1) is 18.2. The van der Waals surface area contributed by atoms with Crippen LogP contribution in [0.3, 0.4) is 0 Å². The maximum absolute atomic E-state index is 11.3. The molecule has 1 aliphatic heterocycles. The molecular formula is C19H22ClN3O.